The quantitative estimate of drug-likeness (QED) is 0.685. The zero-order valence-electron chi connectivity index (χ0n) is 13.2. The Morgan fingerprint density at radius 1 is 1.29 bits per heavy atom. The molecule has 24 heavy (non-hydrogen) atoms. The third-order valence-electron chi connectivity index (χ3n) is 4.29. The van der Waals surface area contributed by atoms with Crippen LogP contribution in [-0.4, -0.2) is 55.1 Å². The zero-order chi connectivity index (χ0) is 17.6. The van der Waals surface area contributed by atoms with Crippen molar-refractivity contribution in [2.24, 2.45) is 0 Å². The van der Waals surface area contributed by atoms with E-state index in [-0.39, 0.29) is 29.4 Å². The SMILES string of the molecule is CC1(C)SC2[C@H](NC(=O)Cc3ccc(O)cc3)C(=O)N2C1C(=O)O. The lowest BCUT2D eigenvalue weighted by atomic mass is 9.96. The Morgan fingerprint density at radius 3 is 2.50 bits per heavy atom. The molecule has 8 heteroatoms. The van der Waals surface area contributed by atoms with Crippen molar-refractivity contribution >= 4 is 29.5 Å². The molecule has 3 N–H and O–H groups in total. The number of carboxylic acids is 1. The van der Waals surface area contributed by atoms with Crippen molar-refractivity contribution in [3.63, 3.8) is 0 Å². The minimum Gasteiger partial charge on any atom is -0.508 e. The lowest BCUT2D eigenvalue weighted by Crippen LogP contribution is -2.70. The molecule has 0 spiro atoms. The van der Waals surface area contributed by atoms with Gasteiger partial charge in [-0.2, -0.15) is 0 Å². The van der Waals surface area contributed by atoms with Crippen LogP contribution in [0.4, 0.5) is 0 Å². The van der Waals surface area contributed by atoms with Gasteiger partial charge in [0, 0.05) is 4.75 Å². The molecule has 7 nitrogen and oxygen atoms in total. The molecule has 2 fully saturated rings. The van der Waals surface area contributed by atoms with E-state index >= 15 is 0 Å². The molecule has 2 aliphatic rings. The summed E-state index contributed by atoms with van der Waals surface area (Å²) in [7, 11) is 0. The second kappa shape index (κ2) is 5.70. The molecular formula is C16H18N2O5S. The van der Waals surface area contributed by atoms with Gasteiger partial charge >= 0.3 is 5.97 Å². The largest absolute Gasteiger partial charge is 0.508 e. The van der Waals surface area contributed by atoms with E-state index in [1.54, 1.807) is 26.0 Å². The lowest BCUT2D eigenvalue weighted by Gasteiger charge is -2.43. The van der Waals surface area contributed by atoms with Gasteiger partial charge in [0.05, 0.1) is 6.42 Å². The fourth-order valence-electron chi connectivity index (χ4n) is 3.17. The minimum absolute atomic E-state index is 0.0905. The number of benzene rings is 1. The molecule has 0 saturated carbocycles. The first-order chi connectivity index (χ1) is 11.2. The molecule has 0 aromatic heterocycles. The van der Waals surface area contributed by atoms with Gasteiger partial charge in [0.25, 0.3) is 0 Å². The molecular weight excluding hydrogens is 332 g/mol. The van der Waals surface area contributed by atoms with Crippen LogP contribution >= 0.6 is 11.8 Å². The van der Waals surface area contributed by atoms with E-state index in [0.29, 0.717) is 0 Å². The van der Waals surface area contributed by atoms with E-state index in [1.807, 2.05) is 0 Å². The number of nitrogens with zero attached hydrogens (tertiary/aromatic N) is 1. The predicted molar refractivity (Wildman–Crippen MR) is 87.5 cm³/mol. The van der Waals surface area contributed by atoms with Crippen molar-refractivity contribution < 1.29 is 24.6 Å². The van der Waals surface area contributed by atoms with Gasteiger partial charge in [-0.3, -0.25) is 9.59 Å². The smallest absolute Gasteiger partial charge is 0.327 e. The number of carbonyl (C=O) groups excluding carboxylic acids is 2. The number of thioether (sulfide) groups is 1. The van der Waals surface area contributed by atoms with Crippen LogP contribution in [0.5, 0.6) is 5.75 Å². The fraction of sp³-hybridized carbons (Fsp3) is 0.438. The first kappa shape index (κ1) is 16.6. The van der Waals surface area contributed by atoms with Gasteiger partial charge in [-0.1, -0.05) is 12.1 Å². The normalized spacial score (nSPS) is 27.3. The van der Waals surface area contributed by atoms with E-state index in [4.69, 9.17) is 0 Å². The van der Waals surface area contributed by atoms with Crippen LogP contribution in [0.3, 0.4) is 0 Å². The van der Waals surface area contributed by atoms with Crippen LogP contribution in [0, 0.1) is 0 Å². The first-order valence-electron chi connectivity index (χ1n) is 7.51. The van der Waals surface area contributed by atoms with E-state index < -0.39 is 22.8 Å². The lowest BCUT2D eigenvalue weighted by molar-refractivity contribution is -0.161. The number of carbonyl (C=O) groups is 3. The number of aromatic hydroxyl groups is 1. The Bertz CT molecular complexity index is 703. The van der Waals surface area contributed by atoms with Crippen LogP contribution < -0.4 is 5.32 Å². The Hall–Kier alpha value is -2.22. The summed E-state index contributed by atoms with van der Waals surface area (Å²) < 4.78 is -0.609. The molecule has 3 atom stereocenters. The molecule has 2 heterocycles. The molecule has 0 bridgehead atoms. The van der Waals surface area contributed by atoms with Crippen LogP contribution in [0.2, 0.25) is 0 Å². The average molecular weight is 350 g/mol. The number of amides is 2. The third-order valence-corrected chi connectivity index (χ3v) is 5.86. The molecule has 0 radical (unpaired) electrons. The topological polar surface area (TPSA) is 107 Å². The summed E-state index contributed by atoms with van der Waals surface area (Å²) in [4.78, 5) is 37.2. The highest BCUT2D eigenvalue weighted by Crippen LogP contribution is 2.50. The Kier molecular flexibility index (Phi) is 3.95. The van der Waals surface area contributed by atoms with Crippen molar-refractivity contribution in [1.82, 2.24) is 10.2 Å². The fourth-order valence-corrected chi connectivity index (χ4v) is 4.79. The van der Waals surface area contributed by atoms with Gasteiger partial charge in [-0.25, -0.2) is 4.79 Å². The van der Waals surface area contributed by atoms with Gasteiger partial charge in [-0.15, -0.1) is 11.8 Å². The number of β-lactam (4-membered cyclic amide) rings is 1. The number of nitrogens with one attached hydrogen (secondary N) is 1. The molecule has 2 amide bonds. The molecule has 2 unspecified atom stereocenters. The molecule has 2 aliphatic heterocycles. The van der Waals surface area contributed by atoms with Crippen molar-refractivity contribution in [2.45, 2.75) is 42.5 Å². The third kappa shape index (κ3) is 2.71. The van der Waals surface area contributed by atoms with Gasteiger partial charge in [0.1, 0.15) is 23.2 Å². The van der Waals surface area contributed by atoms with E-state index in [2.05, 4.69) is 5.32 Å². The number of aliphatic carboxylic acids is 1. The van der Waals surface area contributed by atoms with Gasteiger partial charge in [-0.05, 0) is 31.5 Å². The highest BCUT2D eigenvalue weighted by Gasteiger charge is 2.64. The first-order valence-corrected chi connectivity index (χ1v) is 8.39. The van der Waals surface area contributed by atoms with Crippen LogP contribution in [-0.2, 0) is 20.8 Å². The van der Waals surface area contributed by atoms with Crippen molar-refractivity contribution in [3.05, 3.63) is 29.8 Å². The van der Waals surface area contributed by atoms with Crippen molar-refractivity contribution in [1.29, 1.82) is 0 Å². The summed E-state index contributed by atoms with van der Waals surface area (Å²) in [6.07, 6.45) is 0.0905. The summed E-state index contributed by atoms with van der Waals surface area (Å²) in [5, 5.41) is 20.9. The summed E-state index contributed by atoms with van der Waals surface area (Å²) in [5.41, 5.74) is 0.719. The number of rotatable bonds is 4. The average Bonchev–Trinajstić information content (AvgIpc) is 2.76. The standard InChI is InChI=1S/C16H18N2O5S/c1-16(2)12(15(22)23)18-13(21)11(14(18)24-16)17-10(20)7-8-3-5-9(19)6-4-8/h3-6,11-12,14,19H,7H2,1-2H3,(H,17,20)(H,22,23)/t11-,12?,14?/m1/s1. The van der Waals surface area contributed by atoms with E-state index in [1.165, 1.54) is 28.8 Å². The Labute approximate surface area is 143 Å². The number of phenols is 1. The zero-order valence-corrected chi connectivity index (χ0v) is 14.0. The number of phenolic OH excluding ortho intramolecular Hbond substituents is 1. The van der Waals surface area contributed by atoms with Gasteiger partial charge in [0.15, 0.2) is 0 Å². The molecule has 1 aromatic carbocycles. The summed E-state index contributed by atoms with van der Waals surface area (Å²) in [6, 6.07) is 4.68. The predicted octanol–water partition coefficient (Wildman–Crippen LogP) is 0.566. The maximum atomic E-state index is 12.3. The second-order valence-electron chi connectivity index (χ2n) is 6.49. The van der Waals surface area contributed by atoms with Gasteiger partial charge < -0.3 is 20.4 Å². The van der Waals surface area contributed by atoms with Crippen LogP contribution in [0.1, 0.15) is 19.4 Å². The number of hydrogen-bond acceptors (Lipinski definition) is 5. The number of fused-ring (bicyclic) bond motifs is 1. The van der Waals surface area contributed by atoms with E-state index in [0.717, 1.165) is 5.56 Å². The highest BCUT2D eigenvalue weighted by molar-refractivity contribution is 8.01. The van der Waals surface area contributed by atoms with Crippen molar-refractivity contribution in [3.8, 4) is 5.75 Å². The summed E-state index contributed by atoms with van der Waals surface area (Å²) in [5.74, 6) is -1.58. The Balaban J connectivity index is 1.65. The molecule has 2 saturated heterocycles. The van der Waals surface area contributed by atoms with Gasteiger partial charge in [0.2, 0.25) is 11.8 Å². The molecule has 128 valence electrons. The maximum absolute atomic E-state index is 12.3. The Morgan fingerprint density at radius 2 is 1.92 bits per heavy atom. The number of carboxylic acid groups (broad SMARTS) is 1. The number of hydrogen-bond donors (Lipinski definition) is 3. The highest BCUT2D eigenvalue weighted by atomic mass is 32.2. The van der Waals surface area contributed by atoms with Crippen LogP contribution in [0.25, 0.3) is 0 Å². The van der Waals surface area contributed by atoms with E-state index in [9.17, 15) is 24.6 Å². The summed E-state index contributed by atoms with van der Waals surface area (Å²) in [6.45, 7) is 3.58. The second-order valence-corrected chi connectivity index (χ2v) is 8.26. The van der Waals surface area contributed by atoms with Crippen molar-refractivity contribution in [2.75, 3.05) is 0 Å². The molecule has 0 aliphatic carbocycles. The summed E-state index contributed by atoms with van der Waals surface area (Å²) >= 11 is 1.39. The molecule has 3 rings (SSSR count). The maximum Gasteiger partial charge on any atom is 0.327 e. The van der Waals surface area contributed by atoms with Crippen LogP contribution in [0.15, 0.2) is 24.3 Å². The monoisotopic (exact) mass is 350 g/mol. The minimum atomic E-state index is -1.03. The molecule has 1 aromatic rings.